The lowest BCUT2D eigenvalue weighted by molar-refractivity contribution is 0.184. The van der Waals surface area contributed by atoms with Crippen LogP contribution >= 0.6 is 0 Å². The lowest BCUT2D eigenvalue weighted by atomic mass is 10.2. The molecule has 0 spiro atoms. The molecule has 0 aliphatic rings. The highest BCUT2D eigenvalue weighted by atomic mass is 19.1. The third-order valence-corrected chi connectivity index (χ3v) is 2.74. The number of hydrogen-bond donors (Lipinski definition) is 2. The number of halogens is 2. The number of amidine groups is 1. The third-order valence-electron chi connectivity index (χ3n) is 2.74. The third kappa shape index (κ3) is 3.55. The van der Waals surface area contributed by atoms with Crippen molar-refractivity contribution in [2.75, 3.05) is 7.11 Å². The molecule has 2 aromatic rings. The summed E-state index contributed by atoms with van der Waals surface area (Å²) < 4.78 is 38.0. The van der Waals surface area contributed by atoms with E-state index in [0.29, 0.717) is 6.61 Å². The Morgan fingerprint density at radius 1 is 1.19 bits per heavy atom. The van der Waals surface area contributed by atoms with Crippen molar-refractivity contribution in [2.45, 2.75) is 6.61 Å². The van der Waals surface area contributed by atoms with Gasteiger partial charge in [-0.25, -0.2) is 8.78 Å². The number of hydrogen-bond acceptors (Lipinski definition) is 3. The highest BCUT2D eigenvalue weighted by Crippen LogP contribution is 2.29. The molecule has 0 aliphatic heterocycles. The van der Waals surface area contributed by atoms with Gasteiger partial charge >= 0.3 is 0 Å². The first kappa shape index (κ1) is 14.9. The van der Waals surface area contributed by atoms with E-state index in [9.17, 15) is 8.78 Å². The fourth-order valence-electron chi connectivity index (χ4n) is 1.80. The number of nitrogens with one attached hydrogen (secondary N) is 1. The van der Waals surface area contributed by atoms with E-state index in [0.717, 1.165) is 17.7 Å². The minimum Gasteiger partial charge on any atom is -0.451 e. The molecular formula is C15H14F2N2O2. The van der Waals surface area contributed by atoms with Gasteiger partial charge in [0.15, 0.2) is 17.4 Å². The van der Waals surface area contributed by atoms with E-state index >= 15 is 0 Å². The van der Waals surface area contributed by atoms with Crippen molar-refractivity contribution in [3.8, 4) is 11.5 Å². The van der Waals surface area contributed by atoms with Crippen molar-refractivity contribution in [3.05, 3.63) is 59.2 Å². The van der Waals surface area contributed by atoms with Crippen LogP contribution < -0.4 is 10.5 Å². The highest BCUT2D eigenvalue weighted by Gasteiger charge is 2.15. The van der Waals surface area contributed by atoms with E-state index in [4.69, 9.17) is 20.6 Å². The molecular weight excluding hydrogens is 278 g/mol. The van der Waals surface area contributed by atoms with Crippen molar-refractivity contribution < 1.29 is 18.3 Å². The first-order valence-electron chi connectivity index (χ1n) is 6.10. The van der Waals surface area contributed by atoms with Crippen molar-refractivity contribution in [3.63, 3.8) is 0 Å². The Bertz CT molecular complexity index is 651. The molecule has 0 saturated heterocycles. The molecule has 2 rings (SSSR count). The summed E-state index contributed by atoms with van der Waals surface area (Å²) in [7, 11) is 1.55. The van der Waals surface area contributed by atoms with Gasteiger partial charge in [-0.1, -0.05) is 12.1 Å². The zero-order valence-corrected chi connectivity index (χ0v) is 11.3. The maximum absolute atomic E-state index is 13.9. The van der Waals surface area contributed by atoms with Crippen LogP contribution in [0.15, 0.2) is 36.4 Å². The minimum absolute atomic E-state index is 0.0366. The van der Waals surface area contributed by atoms with Gasteiger partial charge in [0, 0.05) is 12.7 Å². The number of methoxy groups -OCH3 is 1. The van der Waals surface area contributed by atoms with E-state index in [1.54, 1.807) is 25.3 Å². The molecule has 21 heavy (non-hydrogen) atoms. The number of nitrogens with two attached hydrogens (primary N) is 1. The normalized spacial score (nSPS) is 10.4. The fraction of sp³-hybridized carbons (Fsp3) is 0.133. The number of ether oxygens (including phenoxy) is 2. The predicted molar refractivity (Wildman–Crippen MR) is 74.6 cm³/mol. The Morgan fingerprint density at radius 2 is 1.86 bits per heavy atom. The minimum atomic E-state index is -0.919. The summed E-state index contributed by atoms with van der Waals surface area (Å²) in [5, 5.41) is 7.18. The second-order valence-corrected chi connectivity index (χ2v) is 4.37. The standard InChI is InChI=1S/C15H14F2N2O2/c1-20-8-9-3-2-4-11(5-9)21-14-12(16)6-10(15(18)19)7-13(14)17/h2-7H,8H2,1H3,(H3,18,19). The Labute approximate surface area is 120 Å². The van der Waals surface area contributed by atoms with Crippen LogP contribution in [0.25, 0.3) is 0 Å². The lowest BCUT2D eigenvalue weighted by Crippen LogP contribution is -2.12. The van der Waals surface area contributed by atoms with Gasteiger partial charge in [0.1, 0.15) is 11.6 Å². The summed E-state index contributed by atoms with van der Waals surface area (Å²) >= 11 is 0. The largest absolute Gasteiger partial charge is 0.451 e. The Morgan fingerprint density at radius 3 is 2.43 bits per heavy atom. The quantitative estimate of drug-likeness (QED) is 0.657. The smallest absolute Gasteiger partial charge is 0.198 e. The second-order valence-electron chi connectivity index (χ2n) is 4.37. The number of benzene rings is 2. The molecule has 0 heterocycles. The second kappa shape index (κ2) is 6.32. The number of rotatable bonds is 5. The molecule has 6 heteroatoms. The van der Waals surface area contributed by atoms with E-state index in [-0.39, 0.29) is 11.3 Å². The molecule has 0 aromatic heterocycles. The summed E-state index contributed by atoms with van der Waals surface area (Å²) in [5.74, 6) is -2.50. The van der Waals surface area contributed by atoms with Gasteiger partial charge in [-0.15, -0.1) is 0 Å². The van der Waals surface area contributed by atoms with Crippen molar-refractivity contribution in [2.24, 2.45) is 5.73 Å². The van der Waals surface area contributed by atoms with Crippen LogP contribution in [0, 0.1) is 17.0 Å². The lowest BCUT2D eigenvalue weighted by Gasteiger charge is -2.10. The van der Waals surface area contributed by atoms with Crippen LogP contribution in [0.2, 0.25) is 0 Å². The topological polar surface area (TPSA) is 68.3 Å². The SMILES string of the molecule is COCc1cccc(Oc2c(F)cc(C(=N)N)cc2F)c1. The van der Waals surface area contributed by atoms with Crippen LogP contribution in [-0.4, -0.2) is 12.9 Å². The zero-order valence-electron chi connectivity index (χ0n) is 11.3. The van der Waals surface area contributed by atoms with Crippen LogP contribution in [0.3, 0.4) is 0 Å². The Balaban J connectivity index is 2.31. The molecule has 3 N–H and O–H groups in total. The molecule has 0 bridgehead atoms. The van der Waals surface area contributed by atoms with Gasteiger partial charge < -0.3 is 15.2 Å². The van der Waals surface area contributed by atoms with Crippen LogP contribution in [0.5, 0.6) is 11.5 Å². The van der Waals surface area contributed by atoms with Crippen LogP contribution in [-0.2, 0) is 11.3 Å². The molecule has 0 atom stereocenters. The predicted octanol–water partition coefficient (Wildman–Crippen LogP) is 3.19. The summed E-state index contributed by atoms with van der Waals surface area (Å²) in [6.07, 6.45) is 0. The zero-order chi connectivity index (χ0) is 15.4. The molecule has 0 fully saturated rings. The molecule has 0 amide bonds. The number of nitrogen functional groups attached to an aromatic ring is 1. The van der Waals surface area contributed by atoms with E-state index in [1.165, 1.54) is 0 Å². The summed E-state index contributed by atoms with van der Waals surface area (Å²) in [5.41, 5.74) is 5.98. The molecule has 2 aromatic carbocycles. The molecule has 0 unspecified atom stereocenters. The van der Waals surface area contributed by atoms with Gasteiger partial charge in [0.25, 0.3) is 0 Å². The first-order valence-corrected chi connectivity index (χ1v) is 6.10. The highest BCUT2D eigenvalue weighted by molar-refractivity contribution is 5.95. The van der Waals surface area contributed by atoms with Gasteiger partial charge in [-0.05, 0) is 29.8 Å². The van der Waals surface area contributed by atoms with Crippen molar-refractivity contribution >= 4 is 5.84 Å². The molecule has 110 valence electrons. The average molecular weight is 292 g/mol. The summed E-state index contributed by atoms with van der Waals surface area (Å²) in [6.45, 7) is 0.367. The van der Waals surface area contributed by atoms with E-state index in [2.05, 4.69) is 0 Å². The fourth-order valence-corrected chi connectivity index (χ4v) is 1.80. The van der Waals surface area contributed by atoms with Gasteiger partial charge in [0.2, 0.25) is 0 Å². The molecule has 0 saturated carbocycles. The van der Waals surface area contributed by atoms with Gasteiger partial charge in [0.05, 0.1) is 6.61 Å². The maximum Gasteiger partial charge on any atom is 0.198 e. The summed E-state index contributed by atoms with van der Waals surface area (Å²) in [6, 6.07) is 8.63. The van der Waals surface area contributed by atoms with Crippen molar-refractivity contribution in [1.82, 2.24) is 0 Å². The summed E-state index contributed by atoms with van der Waals surface area (Å²) in [4.78, 5) is 0. The van der Waals surface area contributed by atoms with E-state index in [1.807, 2.05) is 6.07 Å². The maximum atomic E-state index is 13.9. The first-order chi connectivity index (χ1) is 10.0. The van der Waals surface area contributed by atoms with Gasteiger partial charge in [-0.3, -0.25) is 5.41 Å². The molecule has 4 nitrogen and oxygen atoms in total. The monoisotopic (exact) mass is 292 g/mol. The van der Waals surface area contributed by atoms with Crippen LogP contribution in [0.4, 0.5) is 8.78 Å². The molecule has 0 radical (unpaired) electrons. The Hall–Kier alpha value is -2.47. The molecule has 0 aliphatic carbocycles. The average Bonchev–Trinajstić information content (AvgIpc) is 2.43. The van der Waals surface area contributed by atoms with E-state index < -0.39 is 23.2 Å². The van der Waals surface area contributed by atoms with Gasteiger partial charge in [-0.2, -0.15) is 0 Å². The Kier molecular flexibility index (Phi) is 4.49. The van der Waals surface area contributed by atoms with Crippen LogP contribution in [0.1, 0.15) is 11.1 Å². The van der Waals surface area contributed by atoms with Crippen molar-refractivity contribution in [1.29, 1.82) is 5.41 Å².